The number of nitrogens with zero attached hydrogens (tertiary/aromatic N) is 2. The van der Waals surface area contributed by atoms with E-state index in [2.05, 4.69) is 22.8 Å². The molecule has 206 valence electrons. The quantitative estimate of drug-likeness (QED) is 0.236. The maximum atomic E-state index is 7.06. The SMILES string of the molecule is COc1nc(-c2cccc(-c3cccc(-c4ccc([C@@H]5CCCN5)c(OC)n4)c3Cl)c2Cl)ccc1[C@@H]1CCCN1. The highest BCUT2D eigenvalue weighted by Crippen LogP contribution is 2.43. The lowest BCUT2D eigenvalue weighted by molar-refractivity contribution is 0.386. The molecule has 2 aliphatic rings. The first kappa shape index (κ1) is 27.0. The van der Waals surface area contributed by atoms with E-state index in [1.165, 1.54) is 0 Å². The Balaban J connectivity index is 1.37. The second kappa shape index (κ2) is 11.8. The van der Waals surface area contributed by atoms with Gasteiger partial charge in [0, 0.05) is 45.5 Å². The zero-order chi connectivity index (χ0) is 27.6. The van der Waals surface area contributed by atoms with Crippen molar-refractivity contribution in [3.63, 3.8) is 0 Å². The van der Waals surface area contributed by atoms with Crippen LogP contribution >= 0.6 is 23.2 Å². The molecule has 6 rings (SSSR count). The van der Waals surface area contributed by atoms with E-state index in [1.54, 1.807) is 14.2 Å². The van der Waals surface area contributed by atoms with Crippen LogP contribution in [0, 0.1) is 0 Å². The summed E-state index contributed by atoms with van der Waals surface area (Å²) >= 11 is 14.1. The third-order valence-electron chi connectivity index (χ3n) is 7.88. The van der Waals surface area contributed by atoms with Crippen molar-refractivity contribution < 1.29 is 9.47 Å². The number of methoxy groups -OCH3 is 2. The molecule has 8 heteroatoms. The predicted molar refractivity (Wildman–Crippen MR) is 161 cm³/mol. The molecule has 2 fully saturated rings. The Kier molecular flexibility index (Phi) is 7.94. The van der Waals surface area contributed by atoms with Gasteiger partial charge in [-0.05, 0) is 63.0 Å². The van der Waals surface area contributed by atoms with Crippen molar-refractivity contribution in [2.75, 3.05) is 27.3 Å². The van der Waals surface area contributed by atoms with E-state index in [1.807, 2.05) is 48.5 Å². The molecule has 2 aromatic heterocycles. The fourth-order valence-electron chi connectivity index (χ4n) is 5.84. The smallest absolute Gasteiger partial charge is 0.218 e. The highest BCUT2D eigenvalue weighted by atomic mass is 35.5. The molecule has 2 atom stereocenters. The van der Waals surface area contributed by atoms with Crippen molar-refractivity contribution in [1.82, 2.24) is 20.6 Å². The largest absolute Gasteiger partial charge is 0.481 e. The van der Waals surface area contributed by atoms with Gasteiger partial charge in [0.1, 0.15) is 0 Å². The van der Waals surface area contributed by atoms with Crippen LogP contribution in [0.1, 0.15) is 48.9 Å². The van der Waals surface area contributed by atoms with Gasteiger partial charge in [-0.15, -0.1) is 0 Å². The zero-order valence-corrected chi connectivity index (χ0v) is 24.1. The van der Waals surface area contributed by atoms with Gasteiger partial charge >= 0.3 is 0 Å². The predicted octanol–water partition coefficient (Wildman–Crippen LogP) is 7.65. The van der Waals surface area contributed by atoms with Crippen LogP contribution < -0.4 is 20.1 Å². The summed E-state index contributed by atoms with van der Waals surface area (Å²) in [5.74, 6) is 1.24. The molecular weight excluding hydrogens is 543 g/mol. The van der Waals surface area contributed by atoms with Gasteiger partial charge in [-0.2, -0.15) is 0 Å². The molecule has 40 heavy (non-hydrogen) atoms. The molecule has 0 bridgehead atoms. The van der Waals surface area contributed by atoms with Crippen LogP contribution in [0.5, 0.6) is 11.8 Å². The summed E-state index contributed by atoms with van der Waals surface area (Å²) in [5.41, 5.74) is 6.93. The summed E-state index contributed by atoms with van der Waals surface area (Å²) in [5, 5.41) is 8.20. The fraction of sp³-hybridized carbons (Fsp3) is 0.312. The first-order valence-electron chi connectivity index (χ1n) is 13.7. The van der Waals surface area contributed by atoms with Gasteiger partial charge in [-0.1, -0.05) is 59.6 Å². The first-order valence-corrected chi connectivity index (χ1v) is 14.5. The minimum Gasteiger partial charge on any atom is -0.481 e. The van der Waals surface area contributed by atoms with E-state index in [-0.39, 0.29) is 12.1 Å². The van der Waals surface area contributed by atoms with Gasteiger partial charge in [0.05, 0.1) is 35.7 Å². The van der Waals surface area contributed by atoms with Crippen LogP contribution in [0.2, 0.25) is 10.0 Å². The van der Waals surface area contributed by atoms with Crippen molar-refractivity contribution in [2.24, 2.45) is 0 Å². The molecule has 2 N–H and O–H groups in total. The van der Waals surface area contributed by atoms with E-state index >= 15 is 0 Å². The van der Waals surface area contributed by atoms with Crippen molar-refractivity contribution >= 4 is 23.2 Å². The molecule has 2 aromatic carbocycles. The lowest BCUT2D eigenvalue weighted by Gasteiger charge is -2.17. The maximum Gasteiger partial charge on any atom is 0.218 e. The monoisotopic (exact) mass is 574 g/mol. The number of pyridine rings is 2. The molecule has 0 unspecified atom stereocenters. The van der Waals surface area contributed by atoms with E-state index in [4.69, 9.17) is 42.6 Å². The van der Waals surface area contributed by atoms with Crippen LogP contribution in [-0.2, 0) is 0 Å². The van der Waals surface area contributed by atoms with Crippen molar-refractivity contribution in [1.29, 1.82) is 0 Å². The molecule has 0 saturated carbocycles. The van der Waals surface area contributed by atoms with E-state index in [0.29, 0.717) is 21.8 Å². The molecule has 2 saturated heterocycles. The molecule has 0 aliphatic carbocycles. The highest BCUT2D eigenvalue weighted by Gasteiger charge is 2.24. The second-order valence-electron chi connectivity index (χ2n) is 10.2. The minimum atomic E-state index is 0.260. The highest BCUT2D eigenvalue weighted by molar-refractivity contribution is 6.39. The molecule has 4 heterocycles. The standard InChI is InChI=1S/C32H32Cl2N4O2/c1-39-31-23(25-11-5-17-35-25)13-15-27(37-31)21-9-3-7-19(29(21)33)20-8-4-10-22(30(20)34)28-16-14-24(32(38-28)40-2)26-12-6-18-36-26/h3-4,7-10,13-16,25-26,35-36H,5-6,11-12,17-18H2,1-2H3/t25-,26-/m0/s1. The Bertz CT molecular complexity index is 1420. The van der Waals surface area contributed by atoms with Crippen LogP contribution in [-0.4, -0.2) is 37.3 Å². The Labute approximate surface area is 245 Å². The fourth-order valence-corrected chi connectivity index (χ4v) is 6.48. The number of aromatic nitrogens is 2. The normalized spacial score (nSPS) is 18.7. The number of benzene rings is 2. The summed E-state index contributed by atoms with van der Waals surface area (Å²) in [6, 6.07) is 20.6. The molecule has 0 spiro atoms. The topological polar surface area (TPSA) is 68.3 Å². The van der Waals surface area contributed by atoms with Gasteiger partial charge in [0.25, 0.3) is 0 Å². The summed E-state index contributed by atoms with van der Waals surface area (Å²) in [6.45, 7) is 2.01. The number of ether oxygens (including phenoxy) is 2. The average molecular weight is 576 g/mol. The molecule has 0 radical (unpaired) electrons. The number of halogens is 2. The Hall–Kier alpha value is -3.16. The van der Waals surface area contributed by atoms with E-state index < -0.39 is 0 Å². The Morgan fingerprint density at radius 3 is 1.43 bits per heavy atom. The van der Waals surface area contributed by atoms with Crippen LogP contribution in [0.3, 0.4) is 0 Å². The van der Waals surface area contributed by atoms with E-state index in [9.17, 15) is 0 Å². The van der Waals surface area contributed by atoms with Gasteiger partial charge in [-0.3, -0.25) is 0 Å². The summed E-state index contributed by atoms with van der Waals surface area (Å²) in [6.07, 6.45) is 4.44. The third-order valence-corrected chi connectivity index (χ3v) is 8.69. The molecule has 0 amide bonds. The number of nitrogens with one attached hydrogen (secondary N) is 2. The lowest BCUT2D eigenvalue weighted by atomic mass is 9.97. The molecule has 4 aromatic rings. The molecule has 2 aliphatic heterocycles. The summed E-state index contributed by atoms with van der Waals surface area (Å²) < 4.78 is 11.4. The number of rotatable bonds is 7. The second-order valence-corrected chi connectivity index (χ2v) is 11.0. The zero-order valence-electron chi connectivity index (χ0n) is 22.6. The number of hydrogen-bond acceptors (Lipinski definition) is 6. The van der Waals surface area contributed by atoms with Crippen molar-refractivity contribution in [3.05, 3.63) is 81.8 Å². The minimum absolute atomic E-state index is 0.260. The van der Waals surface area contributed by atoms with Crippen LogP contribution in [0.15, 0.2) is 60.7 Å². The average Bonchev–Trinajstić information content (AvgIpc) is 3.72. The Morgan fingerprint density at radius 2 is 1.05 bits per heavy atom. The van der Waals surface area contributed by atoms with Gasteiger partial charge < -0.3 is 20.1 Å². The maximum absolute atomic E-state index is 7.06. The van der Waals surface area contributed by atoms with Crippen LogP contribution in [0.4, 0.5) is 0 Å². The molecular formula is C32H32Cl2N4O2. The third kappa shape index (κ3) is 5.06. The Morgan fingerprint density at radius 1 is 0.625 bits per heavy atom. The van der Waals surface area contributed by atoms with Crippen molar-refractivity contribution in [3.8, 4) is 45.4 Å². The molecule has 6 nitrogen and oxygen atoms in total. The van der Waals surface area contributed by atoms with Gasteiger partial charge in [0.15, 0.2) is 0 Å². The first-order chi connectivity index (χ1) is 19.6. The van der Waals surface area contributed by atoms with Gasteiger partial charge in [0.2, 0.25) is 11.8 Å². The number of hydrogen-bond donors (Lipinski definition) is 2. The summed E-state index contributed by atoms with van der Waals surface area (Å²) in [4.78, 5) is 9.68. The van der Waals surface area contributed by atoms with Crippen molar-refractivity contribution in [2.45, 2.75) is 37.8 Å². The van der Waals surface area contributed by atoms with Gasteiger partial charge in [-0.25, -0.2) is 9.97 Å². The lowest BCUT2D eigenvalue weighted by Crippen LogP contribution is -2.14. The van der Waals surface area contributed by atoms with Crippen LogP contribution in [0.25, 0.3) is 33.6 Å². The summed E-state index contributed by atoms with van der Waals surface area (Å²) in [7, 11) is 3.32. The van der Waals surface area contributed by atoms with E-state index in [0.717, 1.165) is 83.5 Å².